The van der Waals surface area contributed by atoms with Gasteiger partial charge in [0.05, 0.1) is 11.3 Å². The standard InChI is InChI=1S/C12H8BrF2N3O/c13-6-1-2-11(17-5-6)18-12(19)7-3-10(16)9(15)4-8(7)14/h1-5H,16H2,(H,17,18,19). The lowest BCUT2D eigenvalue weighted by Crippen LogP contribution is -2.15. The molecule has 19 heavy (non-hydrogen) atoms. The van der Waals surface area contributed by atoms with E-state index in [1.165, 1.54) is 12.3 Å². The summed E-state index contributed by atoms with van der Waals surface area (Å²) in [6.07, 6.45) is 1.48. The molecule has 1 aromatic carbocycles. The fourth-order valence-corrected chi connectivity index (χ4v) is 1.61. The molecule has 4 nitrogen and oxygen atoms in total. The van der Waals surface area contributed by atoms with Crippen molar-refractivity contribution in [3.63, 3.8) is 0 Å². The minimum Gasteiger partial charge on any atom is -0.396 e. The highest BCUT2D eigenvalue weighted by Gasteiger charge is 2.15. The van der Waals surface area contributed by atoms with Gasteiger partial charge in [-0.15, -0.1) is 0 Å². The smallest absolute Gasteiger partial charge is 0.259 e. The normalized spacial score (nSPS) is 10.3. The summed E-state index contributed by atoms with van der Waals surface area (Å²) in [5.41, 5.74) is 4.66. The maximum atomic E-state index is 13.5. The zero-order valence-corrected chi connectivity index (χ0v) is 11.0. The van der Waals surface area contributed by atoms with Crippen LogP contribution in [0.4, 0.5) is 20.3 Å². The summed E-state index contributed by atoms with van der Waals surface area (Å²) in [5, 5.41) is 2.38. The van der Waals surface area contributed by atoms with Gasteiger partial charge in [0.25, 0.3) is 5.91 Å². The number of nitrogens with two attached hydrogens (primary N) is 1. The number of nitrogen functional groups attached to an aromatic ring is 1. The van der Waals surface area contributed by atoms with Crippen LogP contribution in [-0.2, 0) is 0 Å². The van der Waals surface area contributed by atoms with Crippen LogP contribution in [0.3, 0.4) is 0 Å². The largest absolute Gasteiger partial charge is 0.396 e. The van der Waals surface area contributed by atoms with Crippen molar-refractivity contribution in [2.24, 2.45) is 0 Å². The Bertz CT molecular complexity index is 632. The summed E-state index contributed by atoms with van der Waals surface area (Å²) in [5.74, 6) is -2.40. The van der Waals surface area contributed by atoms with E-state index in [2.05, 4.69) is 26.2 Å². The molecule has 1 heterocycles. The van der Waals surface area contributed by atoms with Gasteiger partial charge < -0.3 is 11.1 Å². The topological polar surface area (TPSA) is 68.0 Å². The van der Waals surface area contributed by atoms with E-state index >= 15 is 0 Å². The molecule has 1 amide bonds. The fourth-order valence-electron chi connectivity index (χ4n) is 1.37. The van der Waals surface area contributed by atoms with E-state index in [0.29, 0.717) is 6.07 Å². The van der Waals surface area contributed by atoms with Gasteiger partial charge in [0.1, 0.15) is 17.5 Å². The number of halogens is 3. The number of hydrogen-bond acceptors (Lipinski definition) is 3. The zero-order chi connectivity index (χ0) is 14.0. The summed E-state index contributed by atoms with van der Waals surface area (Å²) in [7, 11) is 0. The Morgan fingerprint density at radius 3 is 2.63 bits per heavy atom. The molecular weight excluding hydrogens is 320 g/mol. The molecule has 0 aliphatic carbocycles. The maximum Gasteiger partial charge on any atom is 0.259 e. The average Bonchev–Trinajstić information content (AvgIpc) is 2.36. The maximum absolute atomic E-state index is 13.5. The quantitative estimate of drug-likeness (QED) is 0.833. The van der Waals surface area contributed by atoms with Crippen molar-refractivity contribution in [2.75, 3.05) is 11.1 Å². The minimum atomic E-state index is -0.985. The summed E-state index contributed by atoms with van der Waals surface area (Å²) in [4.78, 5) is 15.7. The number of aromatic nitrogens is 1. The Hall–Kier alpha value is -2.02. The first-order chi connectivity index (χ1) is 8.97. The van der Waals surface area contributed by atoms with Crippen molar-refractivity contribution in [3.05, 3.63) is 52.1 Å². The van der Waals surface area contributed by atoms with Crippen LogP contribution in [0.1, 0.15) is 10.4 Å². The van der Waals surface area contributed by atoms with E-state index in [1.807, 2.05) is 0 Å². The van der Waals surface area contributed by atoms with Gasteiger partial charge >= 0.3 is 0 Å². The summed E-state index contributed by atoms with van der Waals surface area (Å²) < 4.78 is 27.2. The Balaban J connectivity index is 2.25. The van der Waals surface area contributed by atoms with Gasteiger partial charge in [-0.25, -0.2) is 13.8 Å². The molecule has 0 fully saturated rings. The first-order valence-electron chi connectivity index (χ1n) is 5.15. The molecular formula is C12H8BrF2N3O. The van der Waals surface area contributed by atoms with Crippen LogP contribution in [0.25, 0.3) is 0 Å². The van der Waals surface area contributed by atoms with Crippen LogP contribution in [0.2, 0.25) is 0 Å². The summed E-state index contributed by atoms with van der Waals surface area (Å²) >= 11 is 3.19. The molecule has 0 spiro atoms. The number of nitrogens with zero attached hydrogens (tertiary/aromatic N) is 1. The molecule has 98 valence electrons. The number of benzene rings is 1. The lowest BCUT2D eigenvalue weighted by atomic mass is 10.1. The molecule has 0 saturated heterocycles. The number of anilines is 2. The summed E-state index contributed by atoms with van der Waals surface area (Å²) in [6.45, 7) is 0. The van der Waals surface area contributed by atoms with E-state index in [1.54, 1.807) is 6.07 Å². The van der Waals surface area contributed by atoms with Gasteiger partial charge in [-0.1, -0.05) is 0 Å². The molecule has 7 heteroatoms. The molecule has 2 rings (SSSR count). The second-order valence-electron chi connectivity index (χ2n) is 3.67. The van der Waals surface area contributed by atoms with Gasteiger partial charge in [0.15, 0.2) is 0 Å². The van der Waals surface area contributed by atoms with Gasteiger partial charge in [-0.3, -0.25) is 4.79 Å². The number of rotatable bonds is 2. The Morgan fingerprint density at radius 1 is 1.26 bits per heavy atom. The van der Waals surface area contributed by atoms with Gasteiger partial charge in [0.2, 0.25) is 0 Å². The molecule has 0 radical (unpaired) electrons. The van der Waals surface area contributed by atoms with E-state index in [9.17, 15) is 13.6 Å². The molecule has 3 N–H and O–H groups in total. The number of amides is 1. The van der Waals surface area contributed by atoms with Crippen molar-refractivity contribution in [2.45, 2.75) is 0 Å². The fraction of sp³-hybridized carbons (Fsp3) is 0. The van der Waals surface area contributed by atoms with Crippen LogP contribution in [0, 0.1) is 11.6 Å². The van der Waals surface area contributed by atoms with Gasteiger partial charge in [-0.2, -0.15) is 0 Å². The first kappa shape index (κ1) is 13.4. The number of hydrogen-bond donors (Lipinski definition) is 2. The molecule has 0 saturated carbocycles. The van der Waals surface area contributed by atoms with Crippen LogP contribution >= 0.6 is 15.9 Å². The van der Waals surface area contributed by atoms with Crippen molar-refractivity contribution < 1.29 is 13.6 Å². The second-order valence-corrected chi connectivity index (χ2v) is 4.59. The van der Waals surface area contributed by atoms with Gasteiger partial charge in [0, 0.05) is 16.7 Å². The molecule has 1 aromatic heterocycles. The summed E-state index contributed by atoms with van der Waals surface area (Å²) in [6, 6.07) is 4.71. The number of pyridine rings is 1. The third-order valence-electron chi connectivity index (χ3n) is 2.30. The highest BCUT2D eigenvalue weighted by Crippen LogP contribution is 2.18. The van der Waals surface area contributed by atoms with Crippen LogP contribution in [0.15, 0.2) is 34.9 Å². The van der Waals surface area contributed by atoms with Crippen LogP contribution in [0.5, 0.6) is 0 Å². The van der Waals surface area contributed by atoms with E-state index in [-0.39, 0.29) is 17.1 Å². The molecule has 2 aromatic rings. The van der Waals surface area contributed by atoms with Crippen LogP contribution < -0.4 is 11.1 Å². The zero-order valence-electron chi connectivity index (χ0n) is 9.45. The first-order valence-corrected chi connectivity index (χ1v) is 5.94. The predicted molar refractivity (Wildman–Crippen MR) is 70.7 cm³/mol. The third kappa shape index (κ3) is 3.05. The molecule has 0 unspecified atom stereocenters. The second kappa shape index (κ2) is 5.31. The lowest BCUT2D eigenvalue weighted by molar-refractivity contribution is 0.102. The molecule has 0 atom stereocenters. The van der Waals surface area contributed by atoms with E-state index < -0.39 is 17.5 Å². The van der Waals surface area contributed by atoms with Crippen molar-refractivity contribution >= 4 is 33.3 Å². The van der Waals surface area contributed by atoms with Crippen molar-refractivity contribution in [1.29, 1.82) is 0 Å². The number of carbonyl (C=O) groups is 1. The monoisotopic (exact) mass is 327 g/mol. The Labute approximate surface area is 115 Å². The predicted octanol–water partition coefficient (Wildman–Crippen LogP) is 2.96. The lowest BCUT2D eigenvalue weighted by Gasteiger charge is -2.06. The number of carbonyl (C=O) groups excluding carboxylic acids is 1. The SMILES string of the molecule is Nc1cc(C(=O)Nc2ccc(Br)cn2)c(F)cc1F. The molecule has 0 bridgehead atoms. The van der Waals surface area contributed by atoms with Crippen molar-refractivity contribution in [3.8, 4) is 0 Å². The molecule has 0 aliphatic heterocycles. The van der Waals surface area contributed by atoms with E-state index in [4.69, 9.17) is 5.73 Å². The van der Waals surface area contributed by atoms with Gasteiger partial charge in [-0.05, 0) is 34.1 Å². The van der Waals surface area contributed by atoms with E-state index in [0.717, 1.165) is 10.5 Å². The van der Waals surface area contributed by atoms with Crippen LogP contribution in [-0.4, -0.2) is 10.9 Å². The van der Waals surface area contributed by atoms with Crippen molar-refractivity contribution in [1.82, 2.24) is 4.98 Å². The highest BCUT2D eigenvalue weighted by molar-refractivity contribution is 9.10. The average molecular weight is 328 g/mol. The highest BCUT2D eigenvalue weighted by atomic mass is 79.9. The minimum absolute atomic E-state index is 0.246. The number of nitrogens with one attached hydrogen (secondary N) is 1. The third-order valence-corrected chi connectivity index (χ3v) is 2.77. The molecule has 0 aliphatic rings. The Kier molecular flexibility index (Phi) is 3.75. The Morgan fingerprint density at radius 2 is 2.00 bits per heavy atom.